The van der Waals surface area contributed by atoms with Gasteiger partial charge >= 0.3 is 6.09 Å². The quantitative estimate of drug-likeness (QED) is 0.521. The first-order valence-corrected chi connectivity index (χ1v) is 10.4. The van der Waals surface area contributed by atoms with E-state index in [1.165, 1.54) is 31.0 Å². The van der Waals surface area contributed by atoms with Gasteiger partial charge in [-0.25, -0.2) is 19.8 Å². The number of nitrogens with zero attached hydrogens (tertiary/aromatic N) is 4. The molecule has 9 nitrogen and oxygen atoms in total. The predicted octanol–water partition coefficient (Wildman–Crippen LogP) is 3.76. The number of nitrogens with two attached hydrogens (primary N) is 1. The van der Waals surface area contributed by atoms with Crippen molar-refractivity contribution in [3.05, 3.63) is 40.9 Å². The summed E-state index contributed by atoms with van der Waals surface area (Å²) in [4.78, 5) is 25.4. The van der Waals surface area contributed by atoms with Crippen molar-refractivity contribution in [1.82, 2.24) is 4.98 Å². The van der Waals surface area contributed by atoms with Crippen molar-refractivity contribution in [3.63, 3.8) is 0 Å². The molecule has 160 valence electrons. The summed E-state index contributed by atoms with van der Waals surface area (Å²) in [7, 11) is 1.26. The van der Waals surface area contributed by atoms with E-state index in [0.717, 1.165) is 19.3 Å². The zero-order valence-corrected chi connectivity index (χ0v) is 17.8. The summed E-state index contributed by atoms with van der Waals surface area (Å²) in [6.45, 7) is 4.51. The molecule has 1 aliphatic heterocycles. The summed E-state index contributed by atoms with van der Waals surface area (Å²) >= 11 is 1.30. The van der Waals surface area contributed by atoms with Gasteiger partial charge in [0.15, 0.2) is 0 Å². The smallest absolute Gasteiger partial charge is 0.412 e. The third-order valence-electron chi connectivity index (χ3n) is 4.52. The summed E-state index contributed by atoms with van der Waals surface area (Å²) < 4.78 is 10.1. The van der Waals surface area contributed by atoms with Crippen LogP contribution in [0.2, 0.25) is 0 Å². The number of pyridine rings is 1. The van der Waals surface area contributed by atoms with Crippen molar-refractivity contribution in [2.75, 3.05) is 19.0 Å². The first-order valence-electron chi connectivity index (χ1n) is 9.55. The van der Waals surface area contributed by atoms with Gasteiger partial charge in [0.1, 0.15) is 30.3 Å². The van der Waals surface area contributed by atoms with E-state index in [9.17, 15) is 10.1 Å². The predicted molar refractivity (Wildman–Crippen MR) is 121 cm³/mol. The molecule has 10 heteroatoms. The number of amides is 1. The number of rotatable bonds is 6. The monoisotopic (exact) mass is 438 g/mol. The van der Waals surface area contributed by atoms with Crippen LogP contribution in [0.4, 0.5) is 10.6 Å². The summed E-state index contributed by atoms with van der Waals surface area (Å²) in [5, 5.41) is 12.3. The van der Waals surface area contributed by atoms with Crippen molar-refractivity contribution in [3.8, 4) is 16.5 Å². The zero-order chi connectivity index (χ0) is 22.2. The number of amidine groups is 1. The number of hydrogen-bond donors (Lipinski definition) is 2. The molecule has 0 spiro atoms. The highest BCUT2D eigenvalue weighted by atomic mass is 32.1. The molecule has 0 saturated carbocycles. The average Bonchev–Trinajstić information content (AvgIpc) is 3.18. The Morgan fingerprint density at radius 1 is 1.55 bits per heavy atom. The minimum absolute atomic E-state index is 0.199. The molecular weight excluding hydrogens is 416 g/mol. The molecule has 2 aromatic rings. The normalized spacial score (nSPS) is 16.6. The number of thiophene rings is 1. The number of nitriles is 1. The molecule has 31 heavy (non-hydrogen) atoms. The second kappa shape index (κ2) is 10.5. The van der Waals surface area contributed by atoms with E-state index in [2.05, 4.69) is 37.7 Å². The van der Waals surface area contributed by atoms with E-state index in [4.69, 9.17) is 10.5 Å². The van der Waals surface area contributed by atoms with E-state index >= 15 is 0 Å². The number of anilines is 1. The van der Waals surface area contributed by atoms with Crippen LogP contribution in [0.15, 0.2) is 34.9 Å². The van der Waals surface area contributed by atoms with Gasteiger partial charge in [0.05, 0.1) is 22.4 Å². The highest BCUT2D eigenvalue weighted by Crippen LogP contribution is 2.37. The fourth-order valence-electron chi connectivity index (χ4n) is 3.01. The Balaban J connectivity index is 1.93. The number of nitrogens with one attached hydrogen (secondary N) is 1. The van der Waals surface area contributed by atoms with Crippen LogP contribution in [0, 0.1) is 11.3 Å². The molecule has 2 aromatic heterocycles. The van der Waals surface area contributed by atoms with Crippen LogP contribution in [-0.2, 0) is 9.47 Å². The van der Waals surface area contributed by atoms with Crippen molar-refractivity contribution < 1.29 is 14.3 Å². The van der Waals surface area contributed by atoms with E-state index < -0.39 is 6.09 Å². The lowest BCUT2D eigenvalue weighted by Crippen LogP contribution is -2.17. The second-order valence-corrected chi connectivity index (χ2v) is 7.53. The minimum Gasteiger partial charge on any atom is -0.453 e. The van der Waals surface area contributed by atoms with Crippen molar-refractivity contribution in [2.24, 2.45) is 15.7 Å². The molecule has 1 unspecified atom stereocenters. The number of ether oxygens (including phenoxy) is 2. The lowest BCUT2D eigenvalue weighted by molar-refractivity contribution is 0.0226. The van der Waals surface area contributed by atoms with E-state index in [0.29, 0.717) is 38.9 Å². The lowest BCUT2D eigenvalue weighted by Gasteiger charge is -2.17. The number of hydrogen-bond acceptors (Lipinski definition) is 7. The number of carbonyl (C=O) groups excluding carboxylic acids is 1. The summed E-state index contributed by atoms with van der Waals surface area (Å²) in [6, 6.07) is 5.60. The Hall–Kier alpha value is -3.55. The van der Waals surface area contributed by atoms with Crippen LogP contribution in [0.5, 0.6) is 0 Å². The van der Waals surface area contributed by atoms with Crippen molar-refractivity contribution in [1.29, 1.82) is 5.26 Å². The summed E-state index contributed by atoms with van der Waals surface area (Å²) in [6.07, 6.45) is 6.64. The van der Waals surface area contributed by atoms with Gasteiger partial charge in [0.25, 0.3) is 0 Å². The molecule has 1 aliphatic rings. The van der Waals surface area contributed by atoms with Gasteiger partial charge in [-0.1, -0.05) is 12.7 Å². The van der Waals surface area contributed by atoms with Crippen molar-refractivity contribution >= 4 is 41.5 Å². The molecule has 0 radical (unpaired) electrons. The molecule has 3 heterocycles. The molecule has 3 rings (SSSR count). The van der Waals surface area contributed by atoms with Crippen LogP contribution in [-0.4, -0.2) is 43.2 Å². The molecule has 1 atom stereocenters. The van der Waals surface area contributed by atoms with Gasteiger partial charge in [-0.05, 0) is 37.0 Å². The molecule has 0 aromatic carbocycles. The lowest BCUT2D eigenvalue weighted by atomic mass is 10.1. The largest absolute Gasteiger partial charge is 0.453 e. The van der Waals surface area contributed by atoms with E-state index in [1.807, 2.05) is 0 Å². The fraction of sp³-hybridized carbons (Fsp3) is 0.286. The van der Waals surface area contributed by atoms with Gasteiger partial charge in [-0.2, -0.15) is 5.26 Å². The zero-order valence-electron chi connectivity index (χ0n) is 17.0. The Bertz CT molecular complexity index is 1060. The first-order chi connectivity index (χ1) is 15.1. The first kappa shape index (κ1) is 22.1. The molecular formula is C21H22N6O3S. The third kappa shape index (κ3) is 5.33. The minimum atomic E-state index is -0.638. The molecule has 1 fully saturated rings. The van der Waals surface area contributed by atoms with Crippen LogP contribution >= 0.6 is 11.3 Å². The number of carbonyl (C=O) groups is 1. The number of methoxy groups -OCH3 is 1. The van der Waals surface area contributed by atoms with Crippen LogP contribution in [0.3, 0.4) is 0 Å². The Kier molecular flexibility index (Phi) is 7.48. The van der Waals surface area contributed by atoms with Crippen molar-refractivity contribution in [2.45, 2.75) is 25.5 Å². The molecule has 1 amide bonds. The van der Waals surface area contributed by atoms with Gasteiger partial charge in [0.2, 0.25) is 0 Å². The summed E-state index contributed by atoms with van der Waals surface area (Å²) in [5.74, 6) is 0.522. The van der Waals surface area contributed by atoms with Gasteiger partial charge in [-0.15, -0.1) is 11.3 Å². The Labute approximate surface area is 183 Å². The second-order valence-electron chi connectivity index (χ2n) is 6.51. The molecule has 0 aliphatic carbocycles. The molecule has 3 N–H and O–H groups in total. The third-order valence-corrected chi connectivity index (χ3v) is 5.79. The topological polar surface area (TPSA) is 135 Å². The van der Waals surface area contributed by atoms with Crippen LogP contribution in [0.25, 0.3) is 16.5 Å². The van der Waals surface area contributed by atoms with Gasteiger partial charge in [0, 0.05) is 18.4 Å². The maximum atomic E-state index is 11.5. The van der Waals surface area contributed by atoms with E-state index in [-0.39, 0.29) is 12.1 Å². The standard InChI is InChI=1S/C21H22N6O3S/c1-3-14-15(11-22)18(13-7-8-24-16(10-13)27-21(28)29-2)31-19(14)20(23)26-12-25-17-6-4-5-9-30-17/h3,7-8,10,12,17H,1,4-6,9H2,2H3,(H2,23,25,26)(H,24,27,28). The number of aliphatic imine (C=N–C) groups is 2. The Morgan fingerprint density at radius 2 is 2.39 bits per heavy atom. The molecule has 1 saturated heterocycles. The van der Waals surface area contributed by atoms with Gasteiger partial charge in [-0.3, -0.25) is 5.32 Å². The highest BCUT2D eigenvalue weighted by molar-refractivity contribution is 7.18. The number of aromatic nitrogens is 1. The maximum Gasteiger partial charge on any atom is 0.412 e. The summed E-state index contributed by atoms with van der Waals surface area (Å²) in [5.41, 5.74) is 7.89. The fourth-order valence-corrected chi connectivity index (χ4v) is 4.17. The van der Waals surface area contributed by atoms with Gasteiger partial charge < -0.3 is 15.2 Å². The van der Waals surface area contributed by atoms with E-state index in [1.54, 1.807) is 18.2 Å². The van der Waals surface area contributed by atoms with Crippen LogP contribution in [0.1, 0.15) is 35.3 Å². The molecule has 0 bridgehead atoms. The Morgan fingerprint density at radius 3 is 3.06 bits per heavy atom. The SMILES string of the molecule is C=Cc1c(C(N)=N/C=N/C2CCCCO2)sc(-c2ccnc(NC(=O)OC)c2)c1C#N. The highest BCUT2D eigenvalue weighted by Gasteiger charge is 2.20. The maximum absolute atomic E-state index is 11.5. The average molecular weight is 439 g/mol. The van der Waals surface area contributed by atoms with Crippen LogP contribution < -0.4 is 11.1 Å².